The standard InChI is InChI=1S/C22H25N5O3S/c1-14-9-10-16(11-15(14)2)23-21(29)13-31-22-26-25-19(27(22)3)12-20(28)24-17-7-5-6-8-18(17)30-4/h5-11H,12-13H2,1-4H3,(H,23,29)(H,24,28). The van der Waals surface area contributed by atoms with Gasteiger partial charge in [0.05, 0.1) is 25.0 Å². The smallest absolute Gasteiger partial charge is 0.234 e. The highest BCUT2D eigenvalue weighted by molar-refractivity contribution is 7.99. The third-order valence-electron chi connectivity index (χ3n) is 4.75. The minimum absolute atomic E-state index is 0.0525. The molecule has 1 heterocycles. The predicted octanol–water partition coefficient (Wildman–Crippen LogP) is 3.35. The quantitative estimate of drug-likeness (QED) is 0.523. The van der Waals surface area contributed by atoms with Crippen molar-refractivity contribution < 1.29 is 14.3 Å². The molecule has 3 aromatic rings. The number of para-hydroxylation sites is 2. The molecular formula is C22H25N5O3S. The lowest BCUT2D eigenvalue weighted by Crippen LogP contribution is -2.17. The van der Waals surface area contributed by atoms with Gasteiger partial charge in [-0.2, -0.15) is 0 Å². The van der Waals surface area contributed by atoms with Crippen LogP contribution in [0.4, 0.5) is 11.4 Å². The Kier molecular flexibility index (Phi) is 7.30. The first-order valence-electron chi connectivity index (χ1n) is 9.68. The lowest BCUT2D eigenvalue weighted by Gasteiger charge is -2.10. The Balaban J connectivity index is 1.55. The molecule has 0 radical (unpaired) electrons. The first kappa shape index (κ1) is 22.4. The molecule has 8 nitrogen and oxygen atoms in total. The molecule has 9 heteroatoms. The van der Waals surface area contributed by atoms with Crippen LogP contribution in [-0.2, 0) is 23.1 Å². The summed E-state index contributed by atoms with van der Waals surface area (Å²) >= 11 is 1.27. The maximum Gasteiger partial charge on any atom is 0.234 e. The number of aromatic nitrogens is 3. The average Bonchev–Trinajstić information content (AvgIpc) is 3.09. The van der Waals surface area contributed by atoms with Crippen LogP contribution in [0.3, 0.4) is 0 Å². The van der Waals surface area contributed by atoms with Crippen molar-refractivity contribution in [3.63, 3.8) is 0 Å². The summed E-state index contributed by atoms with van der Waals surface area (Å²) in [4.78, 5) is 24.7. The minimum atomic E-state index is -0.232. The fourth-order valence-corrected chi connectivity index (χ4v) is 3.59. The van der Waals surface area contributed by atoms with Gasteiger partial charge >= 0.3 is 0 Å². The van der Waals surface area contributed by atoms with Crippen molar-refractivity contribution in [1.29, 1.82) is 0 Å². The van der Waals surface area contributed by atoms with Gasteiger partial charge in [0, 0.05) is 12.7 Å². The van der Waals surface area contributed by atoms with Crippen LogP contribution >= 0.6 is 11.8 Å². The molecule has 0 bridgehead atoms. The summed E-state index contributed by atoms with van der Waals surface area (Å²) < 4.78 is 6.96. The lowest BCUT2D eigenvalue weighted by molar-refractivity contribution is -0.116. The number of nitrogens with zero attached hydrogens (tertiary/aromatic N) is 3. The van der Waals surface area contributed by atoms with Gasteiger partial charge in [0.1, 0.15) is 11.6 Å². The average molecular weight is 440 g/mol. The number of hydrogen-bond acceptors (Lipinski definition) is 6. The zero-order chi connectivity index (χ0) is 22.4. The number of anilines is 2. The molecule has 0 fully saturated rings. The van der Waals surface area contributed by atoms with Crippen molar-refractivity contribution >= 4 is 35.0 Å². The highest BCUT2D eigenvalue weighted by Crippen LogP contribution is 2.23. The van der Waals surface area contributed by atoms with Crippen LogP contribution in [0.2, 0.25) is 0 Å². The summed E-state index contributed by atoms with van der Waals surface area (Å²) in [5.74, 6) is 0.909. The first-order valence-corrected chi connectivity index (χ1v) is 10.7. The third kappa shape index (κ3) is 5.85. The number of methoxy groups -OCH3 is 1. The van der Waals surface area contributed by atoms with E-state index in [1.54, 1.807) is 30.9 Å². The van der Waals surface area contributed by atoms with Gasteiger partial charge in [-0.05, 0) is 49.2 Å². The highest BCUT2D eigenvalue weighted by Gasteiger charge is 2.15. The number of thioether (sulfide) groups is 1. The van der Waals surface area contributed by atoms with Crippen molar-refractivity contribution in [2.75, 3.05) is 23.5 Å². The fourth-order valence-electron chi connectivity index (χ4n) is 2.86. The first-order chi connectivity index (χ1) is 14.9. The van der Waals surface area contributed by atoms with E-state index in [4.69, 9.17) is 4.74 Å². The Morgan fingerprint density at radius 3 is 2.55 bits per heavy atom. The minimum Gasteiger partial charge on any atom is -0.495 e. The SMILES string of the molecule is COc1ccccc1NC(=O)Cc1nnc(SCC(=O)Nc2ccc(C)c(C)c2)n1C. The number of amides is 2. The molecule has 3 rings (SSSR count). The zero-order valence-corrected chi connectivity index (χ0v) is 18.7. The van der Waals surface area contributed by atoms with Crippen molar-refractivity contribution in [2.24, 2.45) is 7.05 Å². The molecule has 0 saturated heterocycles. The van der Waals surface area contributed by atoms with E-state index in [1.807, 2.05) is 44.2 Å². The van der Waals surface area contributed by atoms with E-state index in [2.05, 4.69) is 20.8 Å². The summed E-state index contributed by atoms with van der Waals surface area (Å²) in [6, 6.07) is 13.0. The van der Waals surface area contributed by atoms with E-state index < -0.39 is 0 Å². The van der Waals surface area contributed by atoms with Crippen LogP contribution in [0, 0.1) is 13.8 Å². The van der Waals surface area contributed by atoms with Gasteiger partial charge in [0.25, 0.3) is 0 Å². The van der Waals surface area contributed by atoms with Gasteiger partial charge in [0.15, 0.2) is 5.16 Å². The molecule has 0 aliphatic heterocycles. The number of benzene rings is 2. The van der Waals surface area contributed by atoms with Crippen molar-refractivity contribution in [3.05, 3.63) is 59.4 Å². The molecular weight excluding hydrogens is 414 g/mol. The maximum atomic E-state index is 12.4. The third-order valence-corrected chi connectivity index (χ3v) is 5.77. The number of ether oxygens (including phenoxy) is 1. The van der Waals surface area contributed by atoms with Gasteiger partial charge < -0.3 is 19.9 Å². The topological polar surface area (TPSA) is 98.1 Å². The summed E-state index contributed by atoms with van der Waals surface area (Å²) in [5, 5.41) is 14.5. The fraction of sp³-hybridized carbons (Fsp3) is 0.273. The van der Waals surface area contributed by atoms with E-state index in [-0.39, 0.29) is 24.0 Å². The number of carbonyl (C=O) groups is 2. The van der Waals surface area contributed by atoms with Crippen LogP contribution in [-0.4, -0.2) is 39.4 Å². The van der Waals surface area contributed by atoms with Crippen LogP contribution in [0.25, 0.3) is 0 Å². The van der Waals surface area contributed by atoms with Crippen LogP contribution in [0.15, 0.2) is 47.6 Å². The molecule has 0 spiro atoms. The molecule has 2 N–H and O–H groups in total. The van der Waals surface area contributed by atoms with Crippen molar-refractivity contribution in [1.82, 2.24) is 14.8 Å². The lowest BCUT2D eigenvalue weighted by atomic mass is 10.1. The molecule has 31 heavy (non-hydrogen) atoms. The molecule has 162 valence electrons. The number of aryl methyl sites for hydroxylation is 2. The van der Waals surface area contributed by atoms with Gasteiger partial charge in [-0.25, -0.2) is 0 Å². The number of hydrogen-bond donors (Lipinski definition) is 2. The monoisotopic (exact) mass is 439 g/mol. The van der Waals surface area contributed by atoms with Crippen molar-refractivity contribution in [3.8, 4) is 5.75 Å². The Morgan fingerprint density at radius 2 is 1.81 bits per heavy atom. The van der Waals surface area contributed by atoms with Crippen LogP contribution in [0.1, 0.15) is 17.0 Å². The number of rotatable bonds is 8. The largest absolute Gasteiger partial charge is 0.495 e. The molecule has 0 aliphatic carbocycles. The van der Waals surface area contributed by atoms with E-state index in [0.29, 0.717) is 22.4 Å². The van der Waals surface area contributed by atoms with Gasteiger partial charge in [0.2, 0.25) is 11.8 Å². The highest BCUT2D eigenvalue weighted by atomic mass is 32.2. The van der Waals surface area contributed by atoms with Crippen molar-refractivity contribution in [2.45, 2.75) is 25.4 Å². The van der Waals surface area contributed by atoms with Gasteiger partial charge in [-0.3, -0.25) is 9.59 Å². The normalized spacial score (nSPS) is 10.6. The Morgan fingerprint density at radius 1 is 1.03 bits per heavy atom. The summed E-state index contributed by atoms with van der Waals surface area (Å²) in [6.07, 6.45) is 0.0525. The molecule has 1 aromatic heterocycles. The second kappa shape index (κ2) is 10.1. The second-order valence-electron chi connectivity index (χ2n) is 7.02. The van der Waals surface area contributed by atoms with E-state index in [0.717, 1.165) is 11.3 Å². The maximum absolute atomic E-state index is 12.4. The van der Waals surface area contributed by atoms with Crippen LogP contribution < -0.4 is 15.4 Å². The molecule has 0 unspecified atom stereocenters. The Bertz CT molecular complexity index is 1100. The molecule has 2 amide bonds. The second-order valence-corrected chi connectivity index (χ2v) is 7.96. The molecule has 0 atom stereocenters. The van der Waals surface area contributed by atoms with E-state index >= 15 is 0 Å². The summed E-state index contributed by atoms with van der Waals surface area (Å²) in [7, 11) is 3.32. The summed E-state index contributed by atoms with van der Waals surface area (Å²) in [6.45, 7) is 4.03. The zero-order valence-electron chi connectivity index (χ0n) is 17.9. The van der Waals surface area contributed by atoms with E-state index in [9.17, 15) is 9.59 Å². The van der Waals surface area contributed by atoms with Crippen LogP contribution in [0.5, 0.6) is 5.75 Å². The predicted molar refractivity (Wildman–Crippen MR) is 122 cm³/mol. The Hall–Kier alpha value is -3.33. The summed E-state index contributed by atoms with van der Waals surface area (Å²) in [5.41, 5.74) is 3.65. The number of nitrogens with one attached hydrogen (secondary N) is 2. The van der Waals surface area contributed by atoms with Gasteiger partial charge in [-0.1, -0.05) is 30.0 Å². The molecule has 2 aromatic carbocycles. The van der Waals surface area contributed by atoms with E-state index in [1.165, 1.54) is 17.3 Å². The van der Waals surface area contributed by atoms with Gasteiger partial charge in [-0.15, -0.1) is 10.2 Å². The number of carbonyl (C=O) groups excluding carboxylic acids is 2. The molecule has 0 aliphatic rings. The Labute approximate surface area is 185 Å². The molecule has 0 saturated carbocycles.